The molecule has 0 saturated heterocycles. The normalized spacial score (nSPS) is 15.8. The summed E-state index contributed by atoms with van der Waals surface area (Å²) in [5.74, 6) is 0. The van der Waals surface area contributed by atoms with Crippen molar-refractivity contribution in [3.8, 4) is 0 Å². The number of allylic oxidation sites excluding steroid dienone is 10. The fourth-order valence-electron chi connectivity index (χ4n) is 2.85. The maximum Gasteiger partial charge on any atom is 0.314 e. The number of urea groups is 1. The van der Waals surface area contributed by atoms with E-state index in [0.29, 0.717) is 6.54 Å². The zero-order valence-corrected chi connectivity index (χ0v) is 16.6. The minimum Gasteiger partial charge on any atom is -0.338 e. The number of carbonyl (C=O) groups excluding carboxylic acids is 1. The highest BCUT2D eigenvalue weighted by Crippen LogP contribution is 2.14. The highest BCUT2D eigenvalue weighted by Gasteiger charge is 2.01. The second-order valence-electron chi connectivity index (χ2n) is 6.31. The standard InChI is InChI=1S/C21H30N2O.C2H6.2H2/c24-21(22-17-9-15-19-11-5-1-2-6-12-19)23-18-10-16-20-13-7-3-4-8-14-20;1-2;;/h1,5-7,11-14H,2-4,8-10,15-18H2,(H2,22,23,24);1-2H3;2*1H. The summed E-state index contributed by atoms with van der Waals surface area (Å²) in [6.07, 6.45) is 26.2. The Morgan fingerprint density at radius 2 is 1.65 bits per heavy atom. The van der Waals surface area contributed by atoms with Crippen LogP contribution in [0.2, 0.25) is 0 Å². The van der Waals surface area contributed by atoms with Crippen LogP contribution in [-0.2, 0) is 0 Å². The molecule has 2 amide bonds. The quantitative estimate of drug-likeness (QED) is 0.478. The van der Waals surface area contributed by atoms with Crippen molar-refractivity contribution in [1.82, 2.24) is 10.6 Å². The molecule has 0 aromatic heterocycles. The first kappa shape index (κ1) is 22.0. The van der Waals surface area contributed by atoms with Crippen molar-refractivity contribution in [2.24, 2.45) is 0 Å². The first-order valence-corrected chi connectivity index (χ1v) is 10.2. The van der Waals surface area contributed by atoms with Gasteiger partial charge in [0, 0.05) is 15.9 Å². The minimum absolute atomic E-state index is 0. The minimum atomic E-state index is -0.0503. The van der Waals surface area contributed by atoms with E-state index >= 15 is 0 Å². The molecule has 148 valence electrons. The Bertz CT molecular complexity index is 549. The Labute approximate surface area is 163 Å². The van der Waals surface area contributed by atoms with Crippen LogP contribution >= 0.6 is 0 Å². The predicted octanol–water partition coefficient (Wildman–Crippen LogP) is 6.47. The average molecular weight is 361 g/mol. The highest BCUT2D eigenvalue weighted by molar-refractivity contribution is 5.73. The van der Waals surface area contributed by atoms with Crippen molar-refractivity contribution >= 4 is 6.03 Å². The van der Waals surface area contributed by atoms with Crippen LogP contribution in [0.4, 0.5) is 4.79 Å². The van der Waals surface area contributed by atoms with Gasteiger partial charge in [0.15, 0.2) is 0 Å². The lowest BCUT2D eigenvalue weighted by atomic mass is 10.1. The van der Waals surface area contributed by atoms with E-state index in [-0.39, 0.29) is 8.88 Å². The first-order chi connectivity index (χ1) is 12.8. The molecule has 0 bridgehead atoms. The summed E-state index contributed by atoms with van der Waals surface area (Å²) in [5.41, 5.74) is 2.74. The maximum absolute atomic E-state index is 11.8. The van der Waals surface area contributed by atoms with Gasteiger partial charge in [-0.1, -0.05) is 68.0 Å². The van der Waals surface area contributed by atoms with Crippen molar-refractivity contribution in [2.75, 3.05) is 13.1 Å². The lowest BCUT2D eigenvalue weighted by Crippen LogP contribution is -2.36. The molecule has 2 rings (SSSR count). The SMILES string of the molecule is CC.O=C(NCCCC1=CC=CCC=C1)NCCCC1=CCCCC=C1.[HH].[HH]. The molecule has 3 heteroatoms. The van der Waals surface area contributed by atoms with Crippen LogP contribution in [0.1, 0.15) is 68.1 Å². The molecule has 0 fully saturated rings. The van der Waals surface area contributed by atoms with Gasteiger partial charge in [-0.05, 0) is 56.9 Å². The third-order valence-electron chi connectivity index (χ3n) is 4.22. The Balaban J connectivity index is 0. The van der Waals surface area contributed by atoms with E-state index in [4.69, 9.17) is 0 Å². The average Bonchev–Trinajstić information content (AvgIpc) is 3.09. The molecule has 0 radical (unpaired) electrons. The van der Waals surface area contributed by atoms with Crippen molar-refractivity contribution in [1.29, 1.82) is 0 Å². The zero-order valence-electron chi connectivity index (χ0n) is 16.6. The van der Waals surface area contributed by atoms with Gasteiger partial charge in [-0.2, -0.15) is 0 Å². The fourth-order valence-corrected chi connectivity index (χ4v) is 2.85. The van der Waals surface area contributed by atoms with Crippen LogP contribution in [0.3, 0.4) is 0 Å². The van der Waals surface area contributed by atoms with E-state index in [9.17, 15) is 4.79 Å². The Kier molecular flexibility index (Phi) is 12.9. The smallest absolute Gasteiger partial charge is 0.314 e. The molecule has 0 atom stereocenters. The third-order valence-corrected chi connectivity index (χ3v) is 4.22. The van der Waals surface area contributed by atoms with Crippen LogP contribution in [0.5, 0.6) is 0 Å². The second kappa shape index (κ2) is 15.2. The van der Waals surface area contributed by atoms with Gasteiger partial charge in [-0.3, -0.25) is 0 Å². The molecule has 0 aromatic carbocycles. The zero-order chi connectivity index (χ0) is 18.9. The highest BCUT2D eigenvalue weighted by atomic mass is 16.2. The molecule has 0 heterocycles. The van der Waals surface area contributed by atoms with E-state index in [1.807, 2.05) is 13.8 Å². The van der Waals surface area contributed by atoms with Gasteiger partial charge in [0.2, 0.25) is 0 Å². The van der Waals surface area contributed by atoms with Gasteiger partial charge in [0.05, 0.1) is 0 Å². The molecular weight excluding hydrogens is 320 g/mol. The monoisotopic (exact) mass is 360 g/mol. The molecule has 0 aliphatic heterocycles. The van der Waals surface area contributed by atoms with Crippen LogP contribution in [0.15, 0.2) is 59.8 Å². The topological polar surface area (TPSA) is 41.1 Å². The molecule has 2 N–H and O–H groups in total. The van der Waals surface area contributed by atoms with Crippen molar-refractivity contribution in [2.45, 2.75) is 65.2 Å². The lowest BCUT2D eigenvalue weighted by molar-refractivity contribution is 0.240. The predicted molar refractivity (Wildman–Crippen MR) is 117 cm³/mol. The summed E-state index contributed by atoms with van der Waals surface area (Å²) in [6, 6.07) is -0.0503. The molecule has 0 aromatic rings. The Morgan fingerprint density at radius 1 is 0.962 bits per heavy atom. The third kappa shape index (κ3) is 10.8. The van der Waals surface area contributed by atoms with Crippen molar-refractivity contribution in [3.63, 3.8) is 0 Å². The Hall–Kier alpha value is -2.03. The van der Waals surface area contributed by atoms with Crippen molar-refractivity contribution < 1.29 is 7.65 Å². The molecule has 0 unspecified atom stereocenters. The number of nitrogens with one attached hydrogen (secondary N) is 2. The number of hydrogen-bond acceptors (Lipinski definition) is 1. The number of rotatable bonds is 8. The fraction of sp³-hybridized carbons (Fsp3) is 0.522. The van der Waals surface area contributed by atoms with Gasteiger partial charge in [-0.15, -0.1) is 0 Å². The molecular formula is C23H40N2O. The van der Waals surface area contributed by atoms with Crippen molar-refractivity contribution in [3.05, 3.63) is 59.8 Å². The molecule has 26 heavy (non-hydrogen) atoms. The summed E-state index contributed by atoms with van der Waals surface area (Å²) < 4.78 is 0. The van der Waals surface area contributed by atoms with Gasteiger partial charge < -0.3 is 10.6 Å². The van der Waals surface area contributed by atoms with Gasteiger partial charge in [-0.25, -0.2) is 4.79 Å². The molecule has 3 nitrogen and oxygen atoms in total. The molecule has 0 spiro atoms. The van der Waals surface area contributed by atoms with Gasteiger partial charge in [0.25, 0.3) is 0 Å². The summed E-state index contributed by atoms with van der Waals surface area (Å²) >= 11 is 0. The van der Waals surface area contributed by atoms with E-state index < -0.39 is 0 Å². The number of amides is 2. The van der Waals surface area contributed by atoms with Crippen LogP contribution in [0.25, 0.3) is 0 Å². The maximum atomic E-state index is 11.8. The molecule has 2 aliphatic rings. The first-order valence-electron chi connectivity index (χ1n) is 10.2. The second-order valence-corrected chi connectivity index (χ2v) is 6.31. The number of carbonyl (C=O) groups is 1. The largest absolute Gasteiger partial charge is 0.338 e. The van der Waals surface area contributed by atoms with E-state index in [2.05, 4.69) is 59.2 Å². The summed E-state index contributed by atoms with van der Waals surface area (Å²) in [7, 11) is 0. The van der Waals surface area contributed by atoms with Crippen LogP contribution in [0, 0.1) is 0 Å². The molecule has 0 saturated carbocycles. The summed E-state index contributed by atoms with van der Waals surface area (Å²) in [5, 5.41) is 5.88. The van der Waals surface area contributed by atoms with Crippen LogP contribution < -0.4 is 10.6 Å². The van der Waals surface area contributed by atoms with E-state index in [1.54, 1.807) is 0 Å². The Morgan fingerprint density at radius 3 is 2.42 bits per heavy atom. The number of hydrogen-bond donors (Lipinski definition) is 2. The van der Waals surface area contributed by atoms with Gasteiger partial charge in [0.1, 0.15) is 0 Å². The van der Waals surface area contributed by atoms with Crippen LogP contribution in [-0.4, -0.2) is 19.1 Å². The van der Waals surface area contributed by atoms with E-state index in [1.165, 1.54) is 30.4 Å². The molecule has 2 aliphatic carbocycles. The lowest BCUT2D eigenvalue weighted by Gasteiger charge is -2.08. The summed E-state index contributed by atoms with van der Waals surface area (Å²) in [6.45, 7) is 5.45. The van der Waals surface area contributed by atoms with E-state index in [0.717, 1.165) is 38.6 Å². The summed E-state index contributed by atoms with van der Waals surface area (Å²) in [4.78, 5) is 11.8. The van der Waals surface area contributed by atoms with Gasteiger partial charge >= 0.3 is 6.03 Å².